The number of rotatable bonds is 1. The van der Waals surface area contributed by atoms with Gasteiger partial charge in [0.15, 0.2) is 0 Å². The first-order chi connectivity index (χ1) is 6.27. The van der Waals surface area contributed by atoms with Gasteiger partial charge in [-0.05, 0) is 30.4 Å². The number of hydrogen-bond donors (Lipinski definition) is 0. The predicted octanol–water partition coefficient (Wildman–Crippen LogP) is -2.45. The number of carboxylic acid groups (broad SMARTS) is 1. The number of fused-ring (bicyclic) bond motifs is 1. The van der Waals surface area contributed by atoms with Crippen LogP contribution in [0, 0.1) is 5.92 Å². The van der Waals surface area contributed by atoms with Gasteiger partial charge in [0.25, 0.3) is 0 Å². The van der Waals surface area contributed by atoms with E-state index in [1.165, 1.54) is 11.1 Å². The molecule has 1 aliphatic carbocycles. The maximum Gasteiger partial charge on any atom is 1.00 e. The minimum Gasteiger partial charge on any atom is -0.550 e. The molecule has 0 heterocycles. The average molecular weight is 214 g/mol. The molecule has 68 valence electrons. The maximum atomic E-state index is 10.7. The summed E-state index contributed by atoms with van der Waals surface area (Å²) in [4.78, 5) is 10.7. The van der Waals surface area contributed by atoms with E-state index in [4.69, 9.17) is 0 Å². The third-order valence-electron chi connectivity index (χ3n) is 2.68. The zero-order valence-corrected chi connectivity index (χ0v) is 11.4. The quantitative estimate of drug-likeness (QED) is 0.487. The summed E-state index contributed by atoms with van der Waals surface area (Å²) in [5, 5.41) is 10.7. The van der Waals surface area contributed by atoms with Crippen molar-refractivity contribution in [2.75, 3.05) is 0 Å². The van der Waals surface area contributed by atoms with Gasteiger partial charge in [0.2, 0.25) is 0 Å². The number of carbonyl (C=O) groups is 1. The first kappa shape index (κ1) is 12.4. The SMILES string of the molecule is O=C([O-])C1CCc2ccccc2C1.[K+]. The van der Waals surface area contributed by atoms with Crippen molar-refractivity contribution >= 4 is 5.97 Å². The minimum absolute atomic E-state index is 0. The maximum absolute atomic E-state index is 10.7. The standard InChI is InChI=1S/C11H12O2.K/c12-11(13)10-6-5-8-3-1-2-4-9(8)7-10;/h1-4,10H,5-7H2,(H,12,13);/q;+1/p-1. The Kier molecular flexibility index (Phi) is 4.80. The van der Waals surface area contributed by atoms with E-state index in [0.717, 1.165) is 12.8 Å². The van der Waals surface area contributed by atoms with Gasteiger partial charge in [0, 0.05) is 11.9 Å². The topological polar surface area (TPSA) is 40.1 Å². The molecule has 1 unspecified atom stereocenters. The first-order valence-corrected chi connectivity index (χ1v) is 4.55. The van der Waals surface area contributed by atoms with Gasteiger partial charge in [-0.25, -0.2) is 0 Å². The molecule has 0 saturated heterocycles. The van der Waals surface area contributed by atoms with E-state index in [9.17, 15) is 9.90 Å². The van der Waals surface area contributed by atoms with Crippen LogP contribution in [0.3, 0.4) is 0 Å². The van der Waals surface area contributed by atoms with Crippen molar-refractivity contribution in [3.8, 4) is 0 Å². The second-order valence-electron chi connectivity index (χ2n) is 3.53. The van der Waals surface area contributed by atoms with Gasteiger partial charge < -0.3 is 9.90 Å². The molecule has 1 atom stereocenters. The molecule has 14 heavy (non-hydrogen) atoms. The van der Waals surface area contributed by atoms with E-state index < -0.39 is 5.97 Å². The monoisotopic (exact) mass is 214 g/mol. The molecular weight excluding hydrogens is 203 g/mol. The molecule has 0 saturated carbocycles. The Morgan fingerprint density at radius 1 is 1.29 bits per heavy atom. The van der Waals surface area contributed by atoms with Crippen LogP contribution in [0.1, 0.15) is 17.5 Å². The van der Waals surface area contributed by atoms with Gasteiger partial charge in [-0.1, -0.05) is 24.3 Å². The molecule has 1 aliphatic rings. The van der Waals surface area contributed by atoms with Crippen molar-refractivity contribution in [2.24, 2.45) is 5.92 Å². The average Bonchev–Trinajstić information content (AvgIpc) is 2.17. The Morgan fingerprint density at radius 3 is 2.57 bits per heavy atom. The fourth-order valence-electron chi connectivity index (χ4n) is 1.90. The zero-order valence-electron chi connectivity index (χ0n) is 8.32. The second-order valence-corrected chi connectivity index (χ2v) is 3.53. The van der Waals surface area contributed by atoms with Gasteiger partial charge in [-0.2, -0.15) is 0 Å². The van der Waals surface area contributed by atoms with Crippen LogP contribution >= 0.6 is 0 Å². The van der Waals surface area contributed by atoms with Crippen LogP contribution in [0.15, 0.2) is 24.3 Å². The summed E-state index contributed by atoms with van der Waals surface area (Å²) >= 11 is 0. The summed E-state index contributed by atoms with van der Waals surface area (Å²) in [7, 11) is 0. The van der Waals surface area contributed by atoms with Crippen LogP contribution in [-0.4, -0.2) is 5.97 Å². The van der Waals surface area contributed by atoms with E-state index in [-0.39, 0.29) is 57.3 Å². The van der Waals surface area contributed by atoms with Gasteiger partial charge in [0.1, 0.15) is 0 Å². The molecule has 0 N–H and O–H groups in total. The molecule has 3 heteroatoms. The molecule has 1 aromatic rings. The first-order valence-electron chi connectivity index (χ1n) is 4.55. The van der Waals surface area contributed by atoms with E-state index in [1.807, 2.05) is 18.2 Å². The zero-order chi connectivity index (χ0) is 9.26. The summed E-state index contributed by atoms with van der Waals surface area (Å²) < 4.78 is 0. The normalized spacial score (nSPS) is 19.3. The number of hydrogen-bond acceptors (Lipinski definition) is 2. The van der Waals surface area contributed by atoms with Crippen LogP contribution in [0.5, 0.6) is 0 Å². The number of carboxylic acids is 1. The van der Waals surface area contributed by atoms with Gasteiger partial charge in [-0.15, -0.1) is 0 Å². The molecule has 0 aromatic heterocycles. The molecule has 0 aliphatic heterocycles. The fraction of sp³-hybridized carbons (Fsp3) is 0.364. The Labute approximate surface area is 126 Å². The Balaban J connectivity index is 0.000000980. The van der Waals surface area contributed by atoms with E-state index in [1.54, 1.807) is 0 Å². The van der Waals surface area contributed by atoms with Gasteiger partial charge in [0.05, 0.1) is 0 Å². The molecule has 1 aromatic carbocycles. The number of carbonyl (C=O) groups excluding carboxylic acids is 1. The third-order valence-corrected chi connectivity index (χ3v) is 2.68. The van der Waals surface area contributed by atoms with Crippen molar-refractivity contribution in [1.82, 2.24) is 0 Å². The molecule has 0 radical (unpaired) electrons. The van der Waals surface area contributed by atoms with Crippen molar-refractivity contribution in [1.29, 1.82) is 0 Å². The number of aryl methyl sites for hydroxylation is 1. The molecule has 2 rings (SSSR count). The Hall–Kier alpha value is 0.326. The fourth-order valence-corrected chi connectivity index (χ4v) is 1.90. The van der Waals surface area contributed by atoms with Crippen LogP contribution in [-0.2, 0) is 17.6 Å². The van der Waals surface area contributed by atoms with E-state index >= 15 is 0 Å². The largest absolute Gasteiger partial charge is 1.00 e. The molecule has 0 amide bonds. The van der Waals surface area contributed by atoms with Gasteiger partial charge in [-0.3, -0.25) is 0 Å². The Morgan fingerprint density at radius 2 is 1.93 bits per heavy atom. The third kappa shape index (κ3) is 2.67. The number of aliphatic carboxylic acids is 1. The smallest absolute Gasteiger partial charge is 0.550 e. The van der Waals surface area contributed by atoms with E-state index in [0.29, 0.717) is 6.42 Å². The van der Waals surface area contributed by atoms with Crippen molar-refractivity contribution < 1.29 is 61.3 Å². The molecule has 0 spiro atoms. The number of benzene rings is 1. The second kappa shape index (κ2) is 5.42. The molecule has 2 nitrogen and oxygen atoms in total. The summed E-state index contributed by atoms with van der Waals surface area (Å²) in [6.45, 7) is 0. The molecular formula is C11H11KO2. The van der Waals surface area contributed by atoms with Crippen LogP contribution in [0.4, 0.5) is 0 Å². The molecule has 0 bridgehead atoms. The summed E-state index contributed by atoms with van der Waals surface area (Å²) in [5.74, 6) is -1.19. The van der Waals surface area contributed by atoms with E-state index in [2.05, 4.69) is 6.07 Å². The molecule has 0 fully saturated rings. The summed E-state index contributed by atoms with van der Waals surface area (Å²) in [6, 6.07) is 8.03. The van der Waals surface area contributed by atoms with Crippen molar-refractivity contribution in [2.45, 2.75) is 19.3 Å². The van der Waals surface area contributed by atoms with Crippen LogP contribution in [0.2, 0.25) is 0 Å². The van der Waals surface area contributed by atoms with Gasteiger partial charge >= 0.3 is 51.4 Å². The van der Waals surface area contributed by atoms with Crippen LogP contribution in [0.25, 0.3) is 0 Å². The van der Waals surface area contributed by atoms with Crippen molar-refractivity contribution in [3.63, 3.8) is 0 Å². The summed E-state index contributed by atoms with van der Waals surface area (Å²) in [6.07, 6.45) is 2.23. The predicted molar refractivity (Wildman–Crippen MR) is 47.0 cm³/mol. The van der Waals surface area contributed by atoms with Crippen molar-refractivity contribution in [3.05, 3.63) is 35.4 Å². The Bertz CT molecular complexity index is 336. The summed E-state index contributed by atoms with van der Waals surface area (Å²) in [5.41, 5.74) is 2.46. The van der Waals surface area contributed by atoms with Crippen LogP contribution < -0.4 is 56.5 Å². The minimum atomic E-state index is -0.908.